The Labute approximate surface area is 211 Å². The number of fused-ring (bicyclic) bond motifs is 2. The lowest BCUT2D eigenvalue weighted by Crippen LogP contribution is -2.50. The minimum atomic E-state index is -3.20. The van der Waals surface area contributed by atoms with E-state index < -0.39 is 10.0 Å². The van der Waals surface area contributed by atoms with Crippen LogP contribution >= 0.6 is 28.9 Å². The third-order valence-corrected chi connectivity index (χ3v) is 13.4. The van der Waals surface area contributed by atoms with Gasteiger partial charge in [0.05, 0.1) is 16.3 Å². The Morgan fingerprint density at radius 1 is 0.909 bits per heavy atom. The zero-order valence-corrected chi connectivity index (χ0v) is 23.4. The highest BCUT2D eigenvalue weighted by molar-refractivity contribution is 14.2. The van der Waals surface area contributed by atoms with E-state index in [0.717, 1.165) is 24.1 Å². The summed E-state index contributed by atoms with van der Waals surface area (Å²) in [4.78, 5) is 11.2. The van der Waals surface area contributed by atoms with Gasteiger partial charge in [-0.25, -0.2) is 13.4 Å². The average Bonchev–Trinajstić information content (AvgIpc) is 2.74. The van der Waals surface area contributed by atoms with Crippen LogP contribution in [0.25, 0.3) is 0 Å². The van der Waals surface area contributed by atoms with E-state index in [2.05, 4.69) is 69.1 Å². The van der Waals surface area contributed by atoms with Gasteiger partial charge in [-0.1, -0.05) is 7.66 Å². The van der Waals surface area contributed by atoms with E-state index in [4.69, 9.17) is 4.99 Å². The number of hydrogen-bond acceptors (Lipinski definition) is 5. The predicted octanol–water partition coefficient (Wildman–Crippen LogP) is 4.57. The van der Waals surface area contributed by atoms with Crippen molar-refractivity contribution in [2.24, 2.45) is 4.99 Å². The molecular weight excluding hydrogens is 567 g/mol. The van der Waals surface area contributed by atoms with E-state index in [1.165, 1.54) is 38.3 Å². The van der Waals surface area contributed by atoms with Crippen molar-refractivity contribution in [3.8, 4) is 0 Å². The molecule has 0 spiro atoms. The molecule has 6 nitrogen and oxygen atoms in total. The Hall–Kier alpha value is -1.17. The lowest BCUT2D eigenvalue weighted by atomic mass is 10.1. The van der Waals surface area contributed by atoms with Gasteiger partial charge in [0.25, 0.3) is 0 Å². The topological polar surface area (TPSA) is 56.2 Å². The molecule has 5 rings (SSSR count). The molecule has 2 fully saturated rings. The number of hydrogen-bond donors (Lipinski definition) is 0. The van der Waals surface area contributed by atoms with E-state index in [1.54, 1.807) is 18.2 Å². The summed E-state index contributed by atoms with van der Waals surface area (Å²) in [5.41, 5.74) is 6.07. The van der Waals surface area contributed by atoms with Crippen LogP contribution in [-0.4, -0.2) is 57.2 Å². The second kappa shape index (κ2) is 8.80. The molecular formula is C24H31IN4O2S2. The molecule has 9 heteroatoms. The van der Waals surface area contributed by atoms with E-state index in [0.29, 0.717) is 26.2 Å². The summed E-state index contributed by atoms with van der Waals surface area (Å²) in [6.45, 7) is 12.6. The second-order valence-corrected chi connectivity index (χ2v) is 15.9. The summed E-state index contributed by atoms with van der Waals surface area (Å²) < 4.78 is 28.0. The first-order chi connectivity index (χ1) is 15.7. The largest absolute Gasteiger partial charge is 0.371 e. The molecule has 33 heavy (non-hydrogen) atoms. The van der Waals surface area contributed by atoms with Crippen LogP contribution < -0.4 is 15.2 Å². The highest BCUT2D eigenvalue weighted by Crippen LogP contribution is 2.48. The van der Waals surface area contributed by atoms with Gasteiger partial charge in [0, 0.05) is 60.0 Å². The van der Waals surface area contributed by atoms with Crippen LogP contribution in [0, 0.1) is 18.4 Å². The quantitative estimate of drug-likeness (QED) is 0.383. The molecule has 0 N–H and O–H groups in total. The molecule has 2 saturated heterocycles. The molecule has 0 aromatic heterocycles. The number of benzene rings is 2. The number of halogens is 1. The predicted molar refractivity (Wildman–Crippen MR) is 147 cm³/mol. The summed E-state index contributed by atoms with van der Waals surface area (Å²) >= 11 is 2.59. The first-order valence-electron chi connectivity index (χ1n) is 11.6. The maximum Gasteiger partial charge on any atom is 0.216 e. The number of anilines is 2. The first-order valence-corrected chi connectivity index (χ1v) is 16.8. The Balaban J connectivity index is 1.50. The fourth-order valence-corrected chi connectivity index (χ4v) is 9.41. The Bertz CT molecular complexity index is 1350. The highest BCUT2D eigenvalue weighted by atomic mass is 127. The summed E-state index contributed by atoms with van der Waals surface area (Å²) in [5, 5.41) is 0.729. The number of nitrogens with zero attached hydrogens (tertiary/aromatic N) is 4. The standard InChI is InChI=1S/C24H31IN4O2S2/c1-16(2)33(30,31)29-10-8-28(9-11-29)20-13-18(4)24-22(15-20)32(25)21-14-19(27-6-5-7-27)12-17(3)23(21)26-24/h12-16H,5-11H2,1-4H3. The van der Waals surface area contributed by atoms with Crippen molar-refractivity contribution < 1.29 is 8.42 Å². The van der Waals surface area contributed by atoms with Gasteiger partial charge in [-0.2, -0.15) is 4.31 Å². The van der Waals surface area contributed by atoms with Crippen molar-refractivity contribution in [2.75, 3.05) is 49.1 Å². The molecule has 0 aliphatic carbocycles. The van der Waals surface area contributed by atoms with Crippen molar-refractivity contribution in [3.63, 3.8) is 0 Å². The van der Waals surface area contributed by atoms with E-state index in [9.17, 15) is 8.42 Å². The molecule has 0 radical (unpaired) electrons. The first kappa shape index (κ1) is 23.6. The zero-order valence-electron chi connectivity index (χ0n) is 19.6. The third-order valence-electron chi connectivity index (χ3n) is 6.89. The molecule has 0 amide bonds. The average molecular weight is 599 g/mol. The van der Waals surface area contributed by atoms with E-state index in [-0.39, 0.29) is 12.9 Å². The van der Waals surface area contributed by atoms with Gasteiger partial charge in [0.1, 0.15) is 0 Å². The van der Waals surface area contributed by atoms with Crippen LogP contribution in [0.3, 0.4) is 0 Å². The monoisotopic (exact) mass is 598 g/mol. The molecule has 3 heterocycles. The summed E-state index contributed by atoms with van der Waals surface area (Å²) in [5.74, 6) is 0. The lowest BCUT2D eigenvalue weighted by molar-refractivity contribution is 0.381. The van der Waals surface area contributed by atoms with Crippen LogP contribution in [0.2, 0.25) is 0 Å². The van der Waals surface area contributed by atoms with Crippen LogP contribution in [0.5, 0.6) is 0 Å². The fourth-order valence-electron chi connectivity index (χ4n) is 4.69. The zero-order chi connectivity index (χ0) is 23.5. The number of sulfonamides is 1. The molecule has 1 atom stereocenters. The van der Waals surface area contributed by atoms with Crippen LogP contribution in [0.15, 0.2) is 34.2 Å². The Kier molecular flexibility index (Phi) is 6.29. The summed E-state index contributed by atoms with van der Waals surface area (Å²) in [7, 11) is -3.29. The van der Waals surface area contributed by atoms with Crippen molar-refractivity contribution in [2.45, 2.75) is 44.3 Å². The molecule has 3 aliphatic rings. The molecule has 3 aliphatic heterocycles. The maximum absolute atomic E-state index is 12.6. The van der Waals surface area contributed by atoms with Gasteiger partial charge in [-0.3, -0.25) is 0 Å². The third kappa shape index (κ3) is 4.12. The highest BCUT2D eigenvalue weighted by Gasteiger charge is 2.30. The van der Waals surface area contributed by atoms with E-state index >= 15 is 0 Å². The Morgan fingerprint density at radius 3 is 2.12 bits per heavy atom. The van der Waals surface area contributed by atoms with Crippen LogP contribution in [0.4, 0.5) is 17.1 Å². The molecule has 2 aromatic rings. The molecule has 178 valence electrons. The molecule has 0 saturated carbocycles. The number of piperazine rings is 1. The van der Waals surface area contributed by atoms with Crippen molar-refractivity contribution >= 4 is 55.9 Å². The minimum Gasteiger partial charge on any atom is -0.371 e. The summed E-state index contributed by atoms with van der Waals surface area (Å²) in [6.07, 6.45) is 1.27. The van der Waals surface area contributed by atoms with Gasteiger partial charge in [0.15, 0.2) is 0 Å². The Morgan fingerprint density at radius 2 is 1.52 bits per heavy atom. The minimum absolute atomic E-state index is 0.0907. The second-order valence-electron chi connectivity index (χ2n) is 9.41. The van der Waals surface area contributed by atoms with Gasteiger partial charge in [0.2, 0.25) is 10.0 Å². The maximum atomic E-state index is 12.6. The number of aryl methyl sites for hydroxylation is 2. The fraction of sp³-hybridized carbons (Fsp3) is 0.500. The smallest absolute Gasteiger partial charge is 0.216 e. The van der Waals surface area contributed by atoms with Gasteiger partial charge in [-0.15, -0.1) is 0 Å². The van der Waals surface area contributed by atoms with Crippen molar-refractivity contribution in [1.29, 1.82) is 0 Å². The van der Waals surface area contributed by atoms with Gasteiger partial charge < -0.3 is 9.80 Å². The molecule has 0 bridgehead atoms. The number of rotatable bonds is 4. The van der Waals surface area contributed by atoms with Crippen LogP contribution in [-0.2, 0) is 10.0 Å². The van der Waals surface area contributed by atoms with Crippen molar-refractivity contribution in [1.82, 2.24) is 4.31 Å². The lowest BCUT2D eigenvalue weighted by Gasteiger charge is -2.36. The van der Waals surface area contributed by atoms with E-state index in [1.807, 2.05) is 0 Å². The van der Waals surface area contributed by atoms with Crippen molar-refractivity contribution in [3.05, 3.63) is 45.3 Å². The van der Waals surface area contributed by atoms with Crippen LogP contribution in [0.1, 0.15) is 31.4 Å². The SMILES string of the molecule is Cc1cc(N2CCC2)cc2c1N=c1c(C)cc(N3CCN(S(=O)(=O)C(C)C)CC3)cc1=S2I. The van der Waals surface area contributed by atoms with Gasteiger partial charge in [-0.05, 0) is 90.7 Å². The molecule has 1 unspecified atom stereocenters. The van der Waals surface area contributed by atoms with Gasteiger partial charge >= 0.3 is 0 Å². The molecule has 2 aromatic carbocycles. The normalized spacial score (nSPS) is 20.8. The summed E-state index contributed by atoms with van der Waals surface area (Å²) in [6, 6.07) is 9.15.